The van der Waals surface area contributed by atoms with Crippen LogP contribution >= 0.6 is 7.37 Å². The molecule has 0 bridgehead atoms. The van der Waals surface area contributed by atoms with Gasteiger partial charge in [-0.3, -0.25) is 9.13 Å². The topological polar surface area (TPSA) is 106 Å². The average molecular weight is 331 g/mol. The highest BCUT2D eigenvalue weighted by atomic mass is 31.2. The van der Waals surface area contributed by atoms with Crippen LogP contribution in [0.15, 0.2) is 17.1 Å². The highest BCUT2D eigenvalue weighted by Crippen LogP contribution is 2.42. The number of hydrogen-bond acceptors (Lipinski definition) is 7. The summed E-state index contributed by atoms with van der Waals surface area (Å²) in [6.45, 7) is 4.05. The van der Waals surface area contributed by atoms with Crippen molar-refractivity contribution in [1.82, 2.24) is 9.55 Å². The summed E-state index contributed by atoms with van der Waals surface area (Å²) >= 11 is 0. The molecule has 2 heterocycles. The molecule has 0 radical (unpaired) electrons. The van der Waals surface area contributed by atoms with E-state index >= 15 is 0 Å². The molecule has 2 N–H and O–H groups in total. The number of anilines is 1. The smallest absolute Gasteiger partial charge is 0.351 e. The molecule has 2 rings (SSSR count). The van der Waals surface area contributed by atoms with Gasteiger partial charge in [-0.05, 0) is 25.8 Å². The number of hydrogen-bond donors (Lipinski definition) is 1. The Morgan fingerprint density at radius 3 is 3.00 bits per heavy atom. The third kappa shape index (κ3) is 4.64. The second-order valence-corrected chi connectivity index (χ2v) is 7.81. The van der Waals surface area contributed by atoms with E-state index in [2.05, 4.69) is 4.98 Å². The maximum atomic E-state index is 11.9. The van der Waals surface area contributed by atoms with E-state index in [1.54, 1.807) is 25.9 Å². The SMILES string of the molecule is CCOP(C)(=O)COCC1CCC(n2ccc(N)nc2=O)O1. The number of nitrogen functional groups attached to an aromatic ring is 1. The summed E-state index contributed by atoms with van der Waals surface area (Å²) in [5.41, 5.74) is 5.03. The van der Waals surface area contributed by atoms with E-state index in [1.165, 1.54) is 4.57 Å². The fourth-order valence-corrected chi connectivity index (χ4v) is 3.38. The zero-order chi connectivity index (χ0) is 16.2. The molecule has 1 aliphatic heterocycles. The minimum atomic E-state index is -2.69. The second-order valence-electron chi connectivity index (χ2n) is 5.26. The standard InChI is InChI=1S/C13H22N3O5P/c1-3-20-22(2,18)9-19-8-10-4-5-12(21-10)16-7-6-11(14)15-13(16)17/h6-7,10,12H,3-5,8-9H2,1-2H3,(H2,14,15,17). The molecule has 8 nitrogen and oxygen atoms in total. The van der Waals surface area contributed by atoms with Gasteiger partial charge in [0.25, 0.3) is 0 Å². The van der Waals surface area contributed by atoms with Gasteiger partial charge in [0, 0.05) is 12.9 Å². The predicted molar refractivity (Wildman–Crippen MR) is 82.0 cm³/mol. The zero-order valence-electron chi connectivity index (χ0n) is 12.8. The van der Waals surface area contributed by atoms with E-state index in [0.717, 1.165) is 6.42 Å². The lowest BCUT2D eigenvalue weighted by atomic mass is 10.2. The van der Waals surface area contributed by atoms with Crippen LogP contribution in [0.2, 0.25) is 0 Å². The summed E-state index contributed by atoms with van der Waals surface area (Å²) in [5.74, 6) is 0.189. The minimum absolute atomic E-state index is 0.0642. The van der Waals surface area contributed by atoms with Crippen molar-refractivity contribution < 1.29 is 18.6 Å². The lowest BCUT2D eigenvalue weighted by Crippen LogP contribution is -2.28. The Bertz CT molecular complexity index is 606. The molecule has 9 heteroatoms. The van der Waals surface area contributed by atoms with Crippen molar-refractivity contribution in [3.8, 4) is 0 Å². The molecule has 1 aromatic heterocycles. The van der Waals surface area contributed by atoms with Crippen LogP contribution in [0.1, 0.15) is 26.0 Å². The van der Waals surface area contributed by atoms with E-state index in [-0.39, 0.29) is 24.5 Å². The normalized spacial score (nSPS) is 24.3. The first-order valence-electron chi connectivity index (χ1n) is 7.20. The highest BCUT2D eigenvalue weighted by molar-refractivity contribution is 7.57. The Hall–Kier alpha value is -1.21. The fourth-order valence-electron chi connectivity index (χ4n) is 2.32. The van der Waals surface area contributed by atoms with Crippen molar-refractivity contribution in [3.63, 3.8) is 0 Å². The first-order chi connectivity index (χ1) is 10.4. The van der Waals surface area contributed by atoms with Gasteiger partial charge in [0.05, 0.1) is 19.3 Å². The number of aromatic nitrogens is 2. The summed E-state index contributed by atoms with van der Waals surface area (Å²) in [7, 11) is -2.69. The minimum Gasteiger partial charge on any atom is -0.383 e. The quantitative estimate of drug-likeness (QED) is 0.753. The fraction of sp³-hybridized carbons (Fsp3) is 0.692. The van der Waals surface area contributed by atoms with Gasteiger partial charge in [0.15, 0.2) is 0 Å². The van der Waals surface area contributed by atoms with Crippen molar-refractivity contribution in [3.05, 3.63) is 22.7 Å². The third-order valence-electron chi connectivity index (χ3n) is 3.28. The maximum Gasteiger partial charge on any atom is 0.351 e. The van der Waals surface area contributed by atoms with E-state index in [1.807, 2.05) is 0 Å². The highest BCUT2D eigenvalue weighted by Gasteiger charge is 2.28. The molecule has 0 aromatic carbocycles. The molecule has 0 saturated carbocycles. The third-order valence-corrected chi connectivity index (χ3v) is 4.73. The Morgan fingerprint density at radius 1 is 1.55 bits per heavy atom. The molecule has 1 aromatic rings. The molecule has 0 spiro atoms. The van der Waals surface area contributed by atoms with Crippen molar-refractivity contribution in [2.75, 3.05) is 32.0 Å². The molecule has 3 atom stereocenters. The molecule has 0 aliphatic carbocycles. The van der Waals surface area contributed by atoms with E-state index in [4.69, 9.17) is 19.7 Å². The van der Waals surface area contributed by atoms with Crippen LogP contribution in [0.5, 0.6) is 0 Å². The number of nitrogens with zero attached hydrogens (tertiary/aromatic N) is 2. The summed E-state index contributed by atoms with van der Waals surface area (Å²) < 4.78 is 29.7. The van der Waals surface area contributed by atoms with Crippen LogP contribution in [-0.4, -0.2) is 41.9 Å². The average Bonchev–Trinajstić information content (AvgIpc) is 2.87. The molecule has 124 valence electrons. The Kier molecular flexibility index (Phi) is 5.74. The molecule has 0 amide bonds. The van der Waals surface area contributed by atoms with Gasteiger partial charge in [0.1, 0.15) is 18.4 Å². The van der Waals surface area contributed by atoms with Crippen LogP contribution in [0.25, 0.3) is 0 Å². The van der Waals surface area contributed by atoms with Crippen LogP contribution in [0.3, 0.4) is 0 Å². The van der Waals surface area contributed by atoms with Gasteiger partial charge >= 0.3 is 5.69 Å². The summed E-state index contributed by atoms with van der Waals surface area (Å²) in [6.07, 6.45) is 2.58. The van der Waals surface area contributed by atoms with Gasteiger partial charge in [-0.15, -0.1) is 0 Å². The number of rotatable bonds is 7. The Morgan fingerprint density at radius 2 is 2.32 bits per heavy atom. The number of ether oxygens (including phenoxy) is 2. The first kappa shape index (κ1) is 17.1. The van der Waals surface area contributed by atoms with E-state index in [0.29, 0.717) is 19.6 Å². The van der Waals surface area contributed by atoms with Crippen molar-refractivity contribution in [2.24, 2.45) is 0 Å². The summed E-state index contributed by atoms with van der Waals surface area (Å²) in [4.78, 5) is 15.4. The lowest BCUT2D eigenvalue weighted by molar-refractivity contribution is -0.0371. The largest absolute Gasteiger partial charge is 0.383 e. The van der Waals surface area contributed by atoms with Gasteiger partial charge in [-0.25, -0.2) is 4.79 Å². The maximum absolute atomic E-state index is 11.9. The van der Waals surface area contributed by atoms with Gasteiger partial charge in [-0.1, -0.05) is 0 Å². The molecular formula is C13H22N3O5P. The van der Waals surface area contributed by atoms with Crippen molar-refractivity contribution in [2.45, 2.75) is 32.1 Å². The number of nitrogens with two attached hydrogens (primary N) is 1. The monoisotopic (exact) mass is 331 g/mol. The summed E-state index contributed by atoms with van der Waals surface area (Å²) in [5, 5.41) is 0. The zero-order valence-corrected chi connectivity index (χ0v) is 13.7. The van der Waals surface area contributed by atoms with Gasteiger partial charge < -0.3 is 19.7 Å². The summed E-state index contributed by atoms with van der Waals surface area (Å²) in [6, 6.07) is 1.56. The van der Waals surface area contributed by atoms with Crippen molar-refractivity contribution in [1.29, 1.82) is 0 Å². The molecule has 3 unspecified atom stereocenters. The predicted octanol–water partition coefficient (Wildman–Crippen LogP) is 1.42. The lowest BCUT2D eigenvalue weighted by Gasteiger charge is -2.17. The molecule has 22 heavy (non-hydrogen) atoms. The van der Waals surface area contributed by atoms with E-state index < -0.39 is 13.1 Å². The van der Waals surface area contributed by atoms with E-state index in [9.17, 15) is 9.36 Å². The molecule has 1 aliphatic rings. The van der Waals surface area contributed by atoms with Gasteiger partial charge in [0.2, 0.25) is 7.37 Å². The second kappa shape index (κ2) is 7.37. The molecule has 1 fully saturated rings. The Labute approximate surface area is 129 Å². The molecular weight excluding hydrogens is 309 g/mol. The Balaban J connectivity index is 1.83. The van der Waals surface area contributed by atoms with Crippen LogP contribution in [0.4, 0.5) is 5.82 Å². The molecule has 1 saturated heterocycles. The van der Waals surface area contributed by atoms with Crippen LogP contribution < -0.4 is 11.4 Å². The van der Waals surface area contributed by atoms with Crippen LogP contribution in [0, 0.1) is 0 Å². The van der Waals surface area contributed by atoms with Crippen molar-refractivity contribution >= 4 is 13.2 Å². The van der Waals surface area contributed by atoms with Crippen LogP contribution in [-0.2, 0) is 18.6 Å². The first-order valence-corrected chi connectivity index (χ1v) is 9.46. The van der Waals surface area contributed by atoms with Gasteiger partial charge in [-0.2, -0.15) is 4.98 Å².